The number of fused-ring (bicyclic) bond motifs is 1. The zero-order valence-electron chi connectivity index (χ0n) is 11.8. The van der Waals surface area contributed by atoms with Crippen LogP contribution in [0.5, 0.6) is 5.75 Å². The topological polar surface area (TPSA) is 29.5 Å². The summed E-state index contributed by atoms with van der Waals surface area (Å²) < 4.78 is 43.0. The van der Waals surface area contributed by atoms with Crippen LogP contribution in [0.25, 0.3) is 5.57 Å². The Balaban J connectivity index is 2.35. The molecule has 1 aromatic carbocycles. The van der Waals surface area contributed by atoms with Gasteiger partial charge in [-0.3, -0.25) is 4.79 Å². The fourth-order valence-corrected chi connectivity index (χ4v) is 2.44. The molecule has 1 aromatic rings. The number of nitrogens with zero attached hydrogens (tertiary/aromatic N) is 1. The van der Waals surface area contributed by atoms with Crippen LogP contribution < -0.4 is 4.74 Å². The van der Waals surface area contributed by atoms with Crippen molar-refractivity contribution in [3.63, 3.8) is 0 Å². The minimum absolute atomic E-state index is 0.0336. The maximum Gasteiger partial charge on any atom is 0.471 e. The first-order chi connectivity index (χ1) is 9.86. The molecule has 0 spiro atoms. The van der Waals surface area contributed by atoms with Gasteiger partial charge < -0.3 is 9.64 Å². The quantitative estimate of drug-likeness (QED) is 0.797. The molecule has 0 unspecified atom stereocenters. The van der Waals surface area contributed by atoms with Crippen molar-refractivity contribution < 1.29 is 22.7 Å². The number of carbonyl (C=O) groups excluding carboxylic acids is 1. The summed E-state index contributed by atoms with van der Waals surface area (Å²) in [5, 5.41) is 0. The van der Waals surface area contributed by atoms with Gasteiger partial charge >= 0.3 is 12.1 Å². The number of hydrogen-bond donors (Lipinski definition) is 0. The highest BCUT2D eigenvalue weighted by molar-refractivity contribution is 5.84. The van der Waals surface area contributed by atoms with Crippen molar-refractivity contribution in [3.05, 3.63) is 35.4 Å². The zero-order chi connectivity index (χ0) is 15.6. The Morgan fingerprint density at radius 1 is 1.38 bits per heavy atom. The van der Waals surface area contributed by atoms with Gasteiger partial charge in [0, 0.05) is 13.1 Å². The van der Waals surface area contributed by atoms with Crippen LogP contribution in [0.3, 0.4) is 0 Å². The first kappa shape index (κ1) is 15.4. The number of methoxy groups -OCH3 is 1. The average molecular weight is 299 g/mol. The van der Waals surface area contributed by atoms with Crippen LogP contribution in [0.1, 0.15) is 18.1 Å². The second-order valence-corrected chi connectivity index (χ2v) is 4.81. The molecule has 114 valence electrons. The van der Waals surface area contributed by atoms with E-state index in [1.165, 1.54) is 7.11 Å². The second kappa shape index (κ2) is 5.79. The van der Waals surface area contributed by atoms with E-state index in [9.17, 15) is 18.0 Å². The Morgan fingerprint density at radius 2 is 2.10 bits per heavy atom. The number of alkyl halides is 3. The lowest BCUT2D eigenvalue weighted by atomic mass is 9.98. The third-order valence-corrected chi connectivity index (χ3v) is 3.55. The highest BCUT2D eigenvalue weighted by atomic mass is 19.4. The van der Waals surface area contributed by atoms with Crippen molar-refractivity contribution >= 4 is 11.5 Å². The molecule has 6 heteroatoms. The number of hydrogen-bond acceptors (Lipinski definition) is 2. The number of carbonyl (C=O) groups is 1. The van der Waals surface area contributed by atoms with E-state index in [1.807, 2.05) is 6.07 Å². The predicted molar refractivity (Wildman–Crippen MR) is 73.0 cm³/mol. The maximum absolute atomic E-state index is 12.6. The summed E-state index contributed by atoms with van der Waals surface area (Å²) in [7, 11) is 1.54. The normalized spacial score (nSPS) is 17.4. The lowest BCUT2D eigenvalue weighted by Crippen LogP contribution is -2.42. The molecule has 0 radical (unpaired) electrons. The highest BCUT2D eigenvalue weighted by Gasteiger charge is 2.43. The molecule has 0 saturated carbocycles. The first-order valence-electron chi connectivity index (χ1n) is 6.55. The SMILES string of the molecule is CC=C1CN(C(=O)C(F)(F)F)CCc2cc(OC)ccc21. The van der Waals surface area contributed by atoms with Gasteiger partial charge in [-0.25, -0.2) is 0 Å². The van der Waals surface area contributed by atoms with Crippen molar-refractivity contribution in [3.8, 4) is 5.75 Å². The van der Waals surface area contributed by atoms with Gasteiger partial charge in [-0.2, -0.15) is 13.2 Å². The van der Waals surface area contributed by atoms with E-state index >= 15 is 0 Å². The third kappa shape index (κ3) is 3.20. The molecule has 0 aliphatic carbocycles. The Morgan fingerprint density at radius 3 is 2.67 bits per heavy atom. The van der Waals surface area contributed by atoms with Crippen LogP contribution >= 0.6 is 0 Å². The number of amides is 1. The Kier molecular flexibility index (Phi) is 4.25. The van der Waals surface area contributed by atoms with Crippen LogP contribution in [0.2, 0.25) is 0 Å². The number of ether oxygens (including phenoxy) is 1. The van der Waals surface area contributed by atoms with Crippen molar-refractivity contribution in [2.24, 2.45) is 0 Å². The van der Waals surface area contributed by atoms with Crippen molar-refractivity contribution in [2.75, 3.05) is 20.2 Å². The number of benzene rings is 1. The summed E-state index contributed by atoms with van der Waals surface area (Å²) in [5.74, 6) is -1.14. The van der Waals surface area contributed by atoms with Crippen LogP contribution in [0.15, 0.2) is 24.3 Å². The molecule has 2 rings (SSSR count). The monoisotopic (exact) mass is 299 g/mol. The smallest absolute Gasteiger partial charge is 0.471 e. The molecule has 1 amide bonds. The van der Waals surface area contributed by atoms with E-state index in [0.717, 1.165) is 16.0 Å². The molecule has 0 atom stereocenters. The fourth-order valence-electron chi connectivity index (χ4n) is 2.44. The van der Waals surface area contributed by atoms with Gasteiger partial charge in [0.15, 0.2) is 0 Å². The third-order valence-electron chi connectivity index (χ3n) is 3.55. The Labute approximate surface area is 121 Å². The number of allylic oxidation sites excluding steroid dienone is 1. The van der Waals surface area contributed by atoms with Gasteiger partial charge in [0.25, 0.3) is 0 Å². The van der Waals surface area contributed by atoms with Gasteiger partial charge in [-0.05, 0) is 42.2 Å². The molecule has 0 bridgehead atoms. The molecular formula is C15H16F3NO2. The van der Waals surface area contributed by atoms with E-state index in [4.69, 9.17) is 4.74 Å². The Hall–Kier alpha value is -1.98. The summed E-state index contributed by atoms with van der Waals surface area (Å²) >= 11 is 0. The summed E-state index contributed by atoms with van der Waals surface area (Å²) in [5.41, 5.74) is 2.47. The van der Waals surface area contributed by atoms with Crippen LogP contribution in [-0.2, 0) is 11.2 Å². The molecule has 21 heavy (non-hydrogen) atoms. The van der Waals surface area contributed by atoms with Gasteiger partial charge in [-0.1, -0.05) is 12.1 Å². The molecule has 1 aliphatic heterocycles. The van der Waals surface area contributed by atoms with E-state index in [-0.39, 0.29) is 13.1 Å². The molecule has 1 aliphatic rings. The van der Waals surface area contributed by atoms with Crippen LogP contribution in [0, 0.1) is 0 Å². The largest absolute Gasteiger partial charge is 0.497 e. The average Bonchev–Trinajstić information content (AvgIpc) is 2.64. The number of halogens is 3. The van der Waals surface area contributed by atoms with Gasteiger partial charge in [0.1, 0.15) is 5.75 Å². The summed E-state index contributed by atoms with van der Waals surface area (Å²) in [4.78, 5) is 12.3. The van der Waals surface area contributed by atoms with Crippen LogP contribution in [0.4, 0.5) is 13.2 Å². The summed E-state index contributed by atoms with van der Waals surface area (Å²) in [6.07, 6.45) is -2.73. The molecule has 3 nitrogen and oxygen atoms in total. The molecule has 0 N–H and O–H groups in total. The molecule has 0 fully saturated rings. The highest BCUT2D eigenvalue weighted by Crippen LogP contribution is 2.30. The van der Waals surface area contributed by atoms with E-state index in [2.05, 4.69) is 0 Å². The van der Waals surface area contributed by atoms with E-state index in [0.29, 0.717) is 17.7 Å². The maximum atomic E-state index is 12.6. The fraction of sp³-hybridized carbons (Fsp3) is 0.400. The molecule has 0 saturated heterocycles. The summed E-state index contributed by atoms with van der Waals surface area (Å²) in [6.45, 7) is 1.76. The molecule has 0 aromatic heterocycles. The predicted octanol–water partition coefficient (Wildman–Crippen LogP) is 3.05. The second-order valence-electron chi connectivity index (χ2n) is 4.81. The molecule has 1 heterocycles. The van der Waals surface area contributed by atoms with Gasteiger partial charge in [0.2, 0.25) is 0 Å². The Bertz CT molecular complexity index is 579. The zero-order valence-corrected chi connectivity index (χ0v) is 11.8. The summed E-state index contributed by atoms with van der Waals surface area (Å²) in [6, 6.07) is 5.40. The minimum atomic E-state index is -4.84. The molecular weight excluding hydrogens is 283 g/mol. The number of rotatable bonds is 1. The van der Waals surface area contributed by atoms with Crippen molar-refractivity contribution in [2.45, 2.75) is 19.5 Å². The lowest BCUT2D eigenvalue weighted by molar-refractivity contribution is -0.184. The first-order valence-corrected chi connectivity index (χ1v) is 6.55. The van der Waals surface area contributed by atoms with Gasteiger partial charge in [-0.15, -0.1) is 0 Å². The standard InChI is InChI=1S/C15H16F3NO2/c1-3-10-9-19(14(20)15(16,17)18)7-6-11-8-12(21-2)4-5-13(10)11/h3-5,8H,6-7,9H2,1-2H3. The van der Waals surface area contributed by atoms with E-state index in [1.54, 1.807) is 25.1 Å². The van der Waals surface area contributed by atoms with Crippen molar-refractivity contribution in [1.82, 2.24) is 4.90 Å². The van der Waals surface area contributed by atoms with E-state index < -0.39 is 12.1 Å². The lowest BCUT2D eigenvalue weighted by Gasteiger charge is -2.22. The van der Waals surface area contributed by atoms with Crippen molar-refractivity contribution in [1.29, 1.82) is 0 Å². The minimum Gasteiger partial charge on any atom is -0.497 e. The van der Waals surface area contributed by atoms with Gasteiger partial charge in [0.05, 0.1) is 7.11 Å². The van der Waals surface area contributed by atoms with Crippen LogP contribution in [-0.4, -0.2) is 37.2 Å².